The average molecular weight is 489 g/mol. The number of amides is 2. The Labute approximate surface area is 203 Å². The fourth-order valence-electron chi connectivity index (χ4n) is 5.25. The number of pyridine rings is 1. The predicted molar refractivity (Wildman–Crippen MR) is 132 cm³/mol. The van der Waals surface area contributed by atoms with Crippen LogP contribution in [0, 0.1) is 0 Å². The summed E-state index contributed by atoms with van der Waals surface area (Å²) in [5.41, 5.74) is 10.4. The van der Waals surface area contributed by atoms with Gasteiger partial charge in [0.25, 0.3) is 0 Å². The fraction of sp³-hybridized carbons (Fsp3) is 0.261. The zero-order valence-corrected chi connectivity index (χ0v) is 19.5. The summed E-state index contributed by atoms with van der Waals surface area (Å²) in [6.07, 6.45) is 8.74. The minimum atomic E-state index is -0.242. The smallest absolute Gasteiger partial charge is 0.322 e. The first kappa shape index (κ1) is 20.3. The lowest BCUT2D eigenvalue weighted by molar-refractivity contribution is 0.177. The third-order valence-corrected chi connectivity index (χ3v) is 7.35. The number of urea groups is 1. The Hall–Kier alpha value is -4.12. The molecule has 5 aromatic heterocycles. The Morgan fingerprint density at radius 2 is 2.11 bits per heavy atom. The largest absolute Gasteiger partial charge is 0.368 e. The molecule has 0 radical (unpaired) electrons. The Balaban J connectivity index is 1.42. The van der Waals surface area contributed by atoms with Gasteiger partial charge in [0.15, 0.2) is 0 Å². The van der Waals surface area contributed by atoms with Crippen molar-refractivity contribution in [3.63, 3.8) is 0 Å². The summed E-state index contributed by atoms with van der Waals surface area (Å²) < 4.78 is 3.90. The van der Waals surface area contributed by atoms with Gasteiger partial charge in [0.2, 0.25) is 5.95 Å². The molecule has 1 aliphatic heterocycles. The first-order chi connectivity index (χ1) is 16.9. The number of rotatable bonds is 2. The second-order valence-electron chi connectivity index (χ2n) is 9.25. The summed E-state index contributed by atoms with van der Waals surface area (Å²) in [4.78, 5) is 31.9. The molecule has 35 heavy (non-hydrogen) atoms. The lowest BCUT2D eigenvalue weighted by Gasteiger charge is -2.36. The molecular weight excluding hydrogens is 468 g/mol. The predicted octanol–water partition coefficient (Wildman–Crippen LogP) is 3.48. The second-order valence-corrected chi connectivity index (χ2v) is 9.63. The highest BCUT2D eigenvalue weighted by Crippen LogP contribution is 2.53. The average Bonchev–Trinajstić information content (AvgIpc) is 3.17. The monoisotopic (exact) mass is 488 g/mol. The normalized spacial score (nSPS) is 16.2. The summed E-state index contributed by atoms with van der Waals surface area (Å²) in [6.45, 7) is 0.944. The van der Waals surface area contributed by atoms with Crippen molar-refractivity contribution < 1.29 is 4.79 Å². The zero-order chi connectivity index (χ0) is 23.9. The van der Waals surface area contributed by atoms with Crippen molar-refractivity contribution in [3.05, 3.63) is 47.6 Å². The van der Waals surface area contributed by atoms with E-state index in [4.69, 9.17) is 17.3 Å². The SMILES string of the molecule is Cn1cc(NC(=O)N2Cc3c(-c4[nH]c5ncccc5c4Cl)c4cnc(N)nc4n3C3(CC3)C2)cn1. The number of nitrogens with two attached hydrogens (primary N) is 1. The van der Waals surface area contributed by atoms with E-state index in [1.54, 1.807) is 29.5 Å². The number of fused-ring (bicyclic) bond motifs is 5. The summed E-state index contributed by atoms with van der Waals surface area (Å²) in [5, 5.41) is 9.35. The molecular formula is C23H21ClN10O. The minimum Gasteiger partial charge on any atom is -0.368 e. The number of halogens is 1. The summed E-state index contributed by atoms with van der Waals surface area (Å²) in [7, 11) is 1.81. The van der Waals surface area contributed by atoms with Gasteiger partial charge < -0.3 is 25.5 Å². The van der Waals surface area contributed by atoms with Crippen molar-refractivity contribution in [1.29, 1.82) is 0 Å². The summed E-state index contributed by atoms with van der Waals surface area (Å²) >= 11 is 6.87. The molecule has 1 fully saturated rings. The van der Waals surface area contributed by atoms with Crippen LogP contribution in [0.3, 0.4) is 0 Å². The molecule has 176 valence electrons. The Bertz CT molecular complexity index is 1660. The van der Waals surface area contributed by atoms with E-state index in [0.717, 1.165) is 46.2 Å². The molecule has 1 spiro atoms. The Morgan fingerprint density at radius 1 is 1.26 bits per heavy atom. The van der Waals surface area contributed by atoms with Crippen LogP contribution in [-0.2, 0) is 19.1 Å². The molecule has 1 aliphatic carbocycles. The quantitative estimate of drug-likeness (QED) is 0.348. The molecule has 11 nitrogen and oxygen atoms in total. The van der Waals surface area contributed by atoms with E-state index in [-0.39, 0.29) is 17.5 Å². The molecule has 2 amide bonds. The van der Waals surface area contributed by atoms with Crippen LogP contribution in [-0.4, -0.2) is 51.8 Å². The van der Waals surface area contributed by atoms with Gasteiger partial charge in [-0.15, -0.1) is 0 Å². The first-order valence-electron chi connectivity index (χ1n) is 11.3. The van der Waals surface area contributed by atoms with Gasteiger partial charge in [-0.3, -0.25) is 4.68 Å². The van der Waals surface area contributed by atoms with Gasteiger partial charge in [0, 0.05) is 54.2 Å². The maximum absolute atomic E-state index is 13.3. The highest BCUT2D eigenvalue weighted by Gasteiger charge is 2.52. The molecule has 0 atom stereocenters. The van der Waals surface area contributed by atoms with Gasteiger partial charge >= 0.3 is 6.03 Å². The maximum atomic E-state index is 13.3. The lowest BCUT2D eigenvalue weighted by atomic mass is 10.1. The molecule has 4 N–H and O–H groups in total. The highest BCUT2D eigenvalue weighted by molar-refractivity contribution is 6.38. The van der Waals surface area contributed by atoms with E-state index in [1.807, 2.05) is 24.1 Å². The number of aromatic amines is 1. The van der Waals surface area contributed by atoms with Crippen molar-refractivity contribution in [1.82, 2.24) is 39.2 Å². The Kier molecular flexibility index (Phi) is 4.03. The molecule has 1 saturated carbocycles. The standard InChI is InChI=1S/C23H21ClN10O/c1-32-9-12(7-28-32)29-22(35)33-10-15-16(18-17(24)13-3-2-6-26-19(13)30-18)14-8-27-21(25)31-20(14)34(15)23(11-33)4-5-23/h2-3,6-9H,4-5,10-11H2,1H3,(H,26,30)(H,29,35)(H2,25,27,31). The third-order valence-electron chi connectivity index (χ3n) is 6.95. The highest BCUT2D eigenvalue weighted by atomic mass is 35.5. The van der Waals surface area contributed by atoms with E-state index in [9.17, 15) is 4.79 Å². The van der Waals surface area contributed by atoms with E-state index in [1.165, 1.54) is 0 Å². The van der Waals surface area contributed by atoms with Gasteiger partial charge in [-0.25, -0.2) is 14.8 Å². The number of hydrogen-bond donors (Lipinski definition) is 3. The number of carbonyl (C=O) groups excluding carboxylic acids is 1. The molecule has 0 aromatic carbocycles. The Morgan fingerprint density at radius 3 is 2.86 bits per heavy atom. The van der Waals surface area contributed by atoms with Gasteiger partial charge in [-0.05, 0) is 25.0 Å². The number of aryl methyl sites for hydroxylation is 1. The van der Waals surface area contributed by atoms with E-state index >= 15 is 0 Å². The molecule has 5 aromatic rings. The first-order valence-corrected chi connectivity index (χ1v) is 11.6. The van der Waals surface area contributed by atoms with Gasteiger partial charge in [-0.2, -0.15) is 10.1 Å². The van der Waals surface area contributed by atoms with Crippen LogP contribution >= 0.6 is 11.6 Å². The van der Waals surface area contributed by atoms with Crippen LogP contribution in [0.2, 0.25) is 5.02 Å². The van der Waals surface area contributed by atoms with Crippen molar-refractivity contribution >= 4 is 51.3 Å². The van der Waals surface area contributed by atoms with Crippen molar-refractivity contribution in [2.75, 3.05) is 17.6 Å². The number of nitrogens with one attached hydrogen (secondary N) is 2. The van der Waals surface area contributed by atoms with E-state index in [0.29, 0.717) is 29.4 Å². The van der Waals surface area contributed by atoms with Crippen LogP contribution in [0.25, 0.3) is 33.3 Å². The van der Waals surface area contributed by atoms with E-state index < -0.39 is 0 Å². The summed E-state index contributed by atoms with van der Waals surface area (Å²) in [6, 6.07) is 3.61. The molecule has 0 saturated heterocycles. The number of aromatic nitrogens is 7. The van der Waals surface area contributed by atoms with E-state index in [2.05, 4.69) is 34.9 Å². The van der Waals surface area contributed by atoms with Crippen LogP contribution in [0.5, 0.6) is 0 Å². The molecule has 0 unspecified atom stereocenters. The van der Waals surface area contributed by atoms with Crippen molar-refractivity contribution in [3.8, 4) is 11.3 Å². The third kappa shape index (κ3) is 2.94. The maximum Gasteiger partial charge on any atom is 0.322 e. The van der Waals surface area contributed by atoms with Gasteiger partial charge in [0.05, 0.1) is 34.7 Å². The molecule has 12 heteroatoms. The zero-order valence-electron chi connectivity index (χ0n) is 18.8. The molecule has 0 bridgehead atoms. The van der Waals surface area contributed by atoms with Crippen LogP contribution < -0.4 is 11.1 Å². The van der Waals surface area contributed by atoms with Crippen LogP contribution in [0.15, 0.2) is 36.9 Å². The number of anilines is 2. The van der Waals surface area contributed by atoms with Gasteiger partial charge in [-0.1, -0.05) is 11.6 Å². The fourth-order valence-corrected chi connectivity index (χ4v) is 5.54. The van der Waals surface area contributed by atoms with Crippen LogP contribution in [0.1, 0.15) is 18.5 Å². The number of carbonyl (C=O) groups is 1. The number of nitrogen functional groups attached to an aromatic ring is 1. The van der Waals surface area contributed by atoms with Crippen molar-refractivity contribution in [2.45, 2.75) is 24.9 Å². The molecule has 7 rings (SSSR count). The number of H-pyrrole nitrogens is 1. The summed E-state index contributed by atoms with van der Waals surface area (Å²) in [5.74, 6) is 0.210. The number of nitrogens with zero attached hydrogens (tertiary/aromatic N) is 7. The molecule has 2 aliphatic rings. The lowest BCUT2D eigenvalue weighted by Crippen LogP contribution is -2.46. The minimum absolute atomic E-state index is 0.179. The topological polar surface area (TPSA) is 136 Å². The molecule has 6 heterocycles. The number of hydrogen-bond acceptors (Lipinski definition) is 6. The van der Waals surface area contributed by atoms with Gasteiger partial charge in [0.1, 0.15) is 11.3 Å². The van der Waals surface area contributed by atoms with Crippen LogP contribution in [0.4, 0.5) is 16.4 Å². The van der Waals surface area contributed by atoms with Crippen molar-refractivity contribution in [2.24, 2.45) is 7.05 Å². The second kappa shape index (κ2) is 6.95.